The predicted octanol–water partition coefficient (Wildman–Crippen LogP) is 3.07. The number of aliphatic carboxylic acids is 1. The van der Waals surface area contributed by atoms with Gasteiger partial charge in [-0.3, -0.25) is 0 Å². The van der Waals surface area contributed by atoms with E-state index in [2.05, 4.69) is 15.9 Å². The number of halogens is 1. The van der Waals surface area contributed by atoms with E-state index >= 15 is 0 Å². The molecule has 3 heteroatoms. The highest BCUT2D eigenvalue weighted by Gasteiger charge is 2.07. The molecule has 1 N–H and O–H groups in total. The molecule has 0 saturated heterocycles. The van der Waals surface area contributed by atoms with E-state index in [1.54, 1.807) is 13.0 Å². The average molecular weight is 255 g/mol. The van der Waals surface area contributed by atoms with Gasteiger partial charge in [0.05, 0.1) is 5.57 Å². The number of benzene rings is 1. The number of carbonyl (C=O) groups is 1. The zero-order valence-electron chi connectivity index (χ0n) is 7.83. The van der Waals surface area contributed by atoms with E-state index in [-0.39, 0.29) is 0 Å². The van der Waals surface area contributed by atoms with Crippen molar-refractivity contribution in [2.45, 2.75) is 12.3 Å². The van der Waals surface area contributed by atoms with Gasteiger partial charge in [-0.1, -0.05) is 46.3 Å². The molecule has 0 bridgehead atoms. The largest absolute Gasteiger partial charge is 0.478 e. The molecule has 74 valence electrons. The quantitative estimate of drug-likeness (QED) is 0.665. The molecule has 0 aliphatic rings. The van der Waals surface area contributed by atoms with Gasteiger partial charge in [-0.15, -0.1) is 0 Å². The van der Waals surface area contributed by atoms with Gasteiger partial charge < -0.3 is 5.11 Å². The molecule has 0 aromatic heterocycles. The van der Waals surface area contributed by atoms with Crippen LogP contribution in [0.2, 0.25) is 0 Å². The molecular weight excluding hydrogens is 244 g/mol. The molecule has 0 radical (unpaired) electrons. The molecule has 1 aromatic carbocycles. The number of hydrogen-bond donors (Lipinski definition) is 1. The molecule has 14 heavy (non-hydrogen) atoms. The van der Waals surface area contributed by atoms with Crippen LogP contribution in [-0.2, 0) is 10.1 Å². The van der Waals surface area contributed by atoms with Gasteiger partial charge in [-0.05, 0) is 18.1 Å². The summed E-state index contributed by atoms with van der Waals surface area (Å²) in [5, 5.41) is 9.66. The first-order valence-corrected chi connectivity index (χ1v) is 5.36. The van der Waals surface area contributed by atoms with Gasteiger partial charge in [0.2, 0.25) is 0 Å². The maximum Gasteiger partial charge on any atom is 0.335 e. The van der Waals surface area contributed by atoms with Crippen molar-refractivity contribution in [3.63, 3.8) is 0 Å². The number of carboxylic acid groups (broad SMARTS) is 1. The van der Waals surface area contributed by atoms with Crippen LogP contribution in [0.1, 0.15) is 18.1 Å². The summed E-state index contributed by atoms with van der Waals surface area (Å²) < 4.78 is 0. The Labute approximate surface area is 91.4 Å². The molecule has 0 aliphatic carbocycles. The molecule has 0 saturated carbocycles. The van der Waals surface area contributed by atoms with Crippen molar-refractivity contribution in [2.24, 2.45) is 0 Å². The zero-order valence-corrected chi connectivity index (χ0v) is 9.41. The van der Waals surface area contributed by atoms with E-state index in [0.29, 0.717) is 5.57 Å². The number of allylic oxidation sites excluding steroid dienone is 1. The Kier molecular flexibility index (Phi) is 3.89. The van der Waals surface area contributed by atoms with Crippen molar-refractivity contribution in [1.29, 1.82) is 0 Å². The molecule has 0 heterocycles. The zero-order chi connectivity index (χ0) is 10.6. The minimum Gasteiger partial charge on any atom is -0.478 e. The second kappa shape index (κ2) is 4.96. The molecule has 1 aromatic rings. The smallest absolute Gasteiger partial charge is 0.335 e. The molecule has 2 nitrogen and oxygen atoms in total. The highest BCUT2D eigenvalue weighted by molar-refractivity contribution is 9.08. The molecule has 0 atom stereocenters. The first-order valence-electron chi connectivity index (χ1n) is 4.24. The molecule has 1 rings (SSSR count). The van der Waals surface area contributed by atoms with Gasteiger partial charge in [0.25, 0.3) is 0 Å². The van der Waals surface area contributed by atoms with E-state index in [1.165, 1.54) is 0 Å². The van der Waals surface area contributed by atoms with E-state index in [9.17, 15) is 4.79 Å². The lowest BCUT2D eigenvalue weighted by molar-refractivity contribution is -0.130. The van der Waals surface area contributed by atoms with Crippen LogP contribution >= 0.6 is 15.9 Å². The van der Waals surface area contributed by atoms with Crippen molar-refractivity contribution in [2.75, 3.05) is 0 Å². The third-order valence-corrected chi connectivity index (χ3v) is 2.59. The van der Waals surface area contributed by atoms with Crippen LogP contribution in [0, 0.1) is 0 Å². The van der Waals surface area contributed by atoms with Gasteiger partial charge in [-0.25, -0.2) is 4.79 Å². The summed E-state index contributed by atoms with van der Waals surface area (Å²) in [5.74, 6) is -0.890. The predicted molar refractivity (Wildman–Crippen MR) is 60.4 cm³/mol. The molecule has 0 fully saturated rings. The van der Waals surface area contributed by atoms with E-state index in [1.807, 2.05) is 24.3 Å². The van der Waals surface area contributed by atoms with Crippen LogP contribution in [0.15, 0.2) is 30.3 Å². The number of carboxylic acids is 1. The van der Waals surface area contributed by atoms with Gasteiger partial charge >= 0.3 is 5.97 Å². The topological polar surface area (TPSA) is 37.3 Å². The van der Waals surface area contributed by atoms with Crippen LogP contribution in [0.5, 0.6) is 0 Å². The fourth-order valence-electron chi connectivity index (χ4n) is 1.19. The lowest BCUT2D eigenvalue weighted by Gasteiger charge is -2.02. The Morgan fingerprint density at radius 1 is 1.43 bits per heavy atom. The highest BCUT2D eigenvalue weighted by atomic mass is 79.9. The molecule has 0 aliphatic heterocycles. The fourth-order valence-corrected chi connectivity index (χ4v) is 1.56. The number of alkyl halides is 1. The summed E-state index contributed by atoms with van der Waals surface area (Å²) in [5.41, 5.74) is 2.21. The lowest BCUT2D eigenvalue weighted by Crippen LogP contribution is -1.99. The van der Waals surface area contributed by atoms with Gasteiger partial charge in [-0.2, -0.15) is 0 Å². The maximum atomic E-state index is 10.8. The van der Waals surface area contributed by atoms with Crippen LogP contribution in [0.3, 0.4) is 0 Å². The summed E-state index contributed by atoms with van der Waals surface area (Å²) >= 11 is 3.33. The second-order valence-electron chi connectivity index (χ2n) is 2.84. The normalized spacial score (nSPS) is 11.4. The van der Waals surface area contributed by atoms with Crippen molar-refractivity contribution in [3.8, 4) is 0 Å². The van der Waals surface area contributed by atoms with Gasteiger partial charge in [0, 0.05) is 5.33 Å². The molecule has 0 unspecified atom stereocenters. The minimum absolute atomic E-state index is 0.339. The van der Waals surface area contributed by atoms with Crippen LogP contribution in [0.4, 0.5) is 0 Å². The second-order valence-corrected chi connectivity index (χ2v) is 3.40. The number of rotatable bonds is 3. The third-order valence-electron chi connectivity index (χ3n) is 1.94. The summed E-state index contributed by atoms with van der Waals surface area (Å²) in [6, 6.07) is 7.47. The van der Waals surface area contributed by atoms with Crippen LogP contribution in [0.25, 0.3) is 5.57 Å². The van der Waals surface area contributed by atoms with Crippen molar-refractivity contribution >= 4 is 27.5 Å². The Balaban J connectivity index is 3.02. The Hall–Kier alpha value is -1.09. The van der Waals surface area contributed by atoms with E-state index in [0.717, 1.165) is 16.5 Å². The van der Waals surface area contributed by atoms with E-state index < -0.39 is 5.97 Å². The summed E-state index contributed by atoms with van der Waals surface area (Å²) in [6.45, 7) is 1.72. The Morgan fingerprint density at radius 2 is 2.00 bits per heavy atom. The standard InChI is InChI=1S/C11H11BrO2/c1-2-10(11(13)14)9-5-3-8(7-12)4-6-9/h2-6H,7H2,1H3,(H,13,14). The first-order chi connectivity index (χ1) is 6.69. The van der Waals surface area contributed by atoms with Crippen molar-refractivity contribution < 1.29 is 9.90 Å². The SMILES string of the molecule is CC=C(C(=O)O)c1ccc(CBr)cc1. The minimum atomic E-state index is -0.890. The number of hydrogen-bond acceptors (Lipinski definition) is 1. The van der Waals surface area contributed by atoms with Crippen molar-refractivity contribution in [3.05, 3.63) is 41.5 Å². The molecular formula is C11H11BrO2. The van der Waals surface area contributed by atoms with Crippen molar-refractivity contribution in [1.82, 2.24) is 0 Å². The summed E-state index contributed by atoms with van der Waals surface area (Å²) in [6.07, 6.45) is 1.60. The fraction of sp³-hybridized carbons (Fsp3) is 0.182. The maximum absolute atomic E-state index is 10.8. The Bertz CT molecular complexity index is 352. The van der Waals surface area contributed by atoms with Crippen LogP contribution in [-0.4, -0.2) is 11.1 Å². The third kappa shape index (κ3) is 2.45. The van der Waals surface area contributed by atoms with Gasteiger partial charge in [0.1, 0.15) is 0 Å². The average Bonchev–Trinajstić information content (AvgIpc) is 2.19. The van der Waals surface area contributed by atoms with E-state index in [4.69, 9.17) is 5.11 Å². The van der Waals surface area contributed by atoms with Crippen LogP contribution < -0.4 is 0 Å². The Morgan fingerprint density at radius 3 is 2.36 bits per heavy atom. The lowest BCUT2D eigenvalue weighted by atomic mass is 10.0. The highest BCUT2D eigenvalue weighted by Crippen LogP contribution is 2.16. The molecule has 0 spiro atoms. The summed E-state index contributed by atoms with van der Waals surface area (Å²) in [7, 11) is 0. The summed E-state index contributed by atoms with van der Waals surface area (Å²) in [4.78, 5) is 10.8. The first kappa shape index (κ1) is 11.0. The monoisotopic (exact) mass is 254 g/mol. The van der Waals surface area contributed by atoms with Gasteiger partial charge in [0.15, 0.2) is 0 Å². The molecule has 0 amide bonds.